The lowest BCUT2D eigenvalue weighted by Crippen LogP contribution is -2.22. The third-order valence-electron chi connectivity index (χ3n) is 3.58. The van der Waals surface area contributed by atoms with Gasteiger partial charge in [-0.15, -0.1) is 11.3 Å². The van der Waals surface area contributed by atoms with Crippen molar-refractivity contribution in [1.82, 2.24) is 20.1 Å². The molecule has 0 saturated carbocycles. The van der Waals surface area contributed by atoms with Crippen molar-refractivity contribution in [3.63, 3.8) is 0 Å². The SMILES string of the molecule is CN(C)C(=O)c1cn[nH]c1NCc1nc2c(s1)CCCC2. The summed E-state index contributed by atoms with van der Waals surface area (Å²) in [5.74, 6) is 0.589. The van der Waals surface area contributed by atoms with E-state index >= 15 is 0 Å². The highest BCUT2D eigenvalue weighted by Crippen LogP contribution is 2.27. The number of H-pyrrole nitrogens is 1. The van der Waals surface area contributed by atoms with Crippen LogP contribution in [-0.4, -0.2) is 40.1 Å². The molecule has 0 aliphatic heterocycles. The summed E-state index contributed by atoms with van der Waals surface area (Å²) in [6.45, 7) is 0.619. The molecule has 0 atom stereocenters. The van der Waals surface area contributed by atoms with Crippen LogP contribution in [0.25, 0.3) is 0 Å². The molecule has 0 radical (unpaired) electrons. The van der Waals surface area contributed by atoms with Gasteiger partial charge in [0.1, 0.15) is 16.4 Å². The predicted octanol–water partition coefficient (Wildman–Crippen LogP) is 2.06. The molecule has 0 saturated heterocycles. The highest BCUT2D eigenvalue weighted by molar-refractivity contribution is 7.11. The van der Waals surface area contributed by atoms with Gasteiger partial charge >= 0.3 is 0 Å². The lowest BCUT2D eigenvalue weighted by atomic mass is 10.0. The van der Waals surface area contributed by atoms with Gasteiger partial charge in [-0.2, -0.15) is 5.10 Å². The van der Waals surface area contributed by atoms with Crippen molar-refractivity contribution < 1.29 is 4.79 Å². The molecule has 0 spiro atoms. The largest absolute Gasteiger partial charge is 0.363 e. The fourth-order valence-corrected chi connectivity index (χ4v) is 3.57. The highest BCUT2D eigenvalue weighted by atomic mass is 32.1. The molecule has 2 N–H and O–H groups in total. The van der Waals surface area contributed by atoms with E-state index in [1.165, 1.54) is 28.3 Å². The molecule has 2 aromatic heterocycles. The van der Waals surface area contributed by atoms with Gasteiger partial charge in [0.05, 0.1) is 18.4 Å². The minimum absolute atomic E-state index is 0.0651. The second kappa shape index (κ2) is 5.85. The summed E-state index contributed by atoms with van der Waals surface area (Å²) in [6, 6.07) is 0. The van der Waals surface area contributed by atoms with Gasteiger partial charge in [-0.1, -0.05) is 0 Å². The summed E-state index contributed by atoms with van der Waals surface area (Å²) in [5.41, 5.74) is 1.82. The topological polar surface area (TPSA) is 73.9 Å². The summed E-state index contributed by atoms with van der Waals surface area (Å²) in [6.07, 6.45) is 6.31. The molecule has 2 heterocycles. The van der Waals surface area contributed by atoms with Crippen molar-refractivity contribution in [2.45, 2.75) is 32.2 Å². The van der Waals surface area contributed by atoms with Crippen molar-refractivity contribution in [1.29, 1.82) is 0 Å². The first-order valence-electron chi connectivity index (χ1n) is 7.11. The standard InChI is InChI=1S/C14H19N5OS/c1-19(2)14(20)9-7-16-18-13(9)15-8-12-17-10-5-3-4-6-11(10)21-12/h7H,3-6,8H2,1-2H3,(H2,15,16,18). The number of nitrogens with one attached hydrogen (secondary N) is 2. The summed E-state index contributed by atoms with van der Waals surface area (Å²) in [7, 11) is 3.46. The maximum Gasteiger partial charge on any atom is 0.258 e. The molecular weight excluding hydrogens is 286 g/mol. The van der Waals surface area contributed by atoms with Crippen LogP contribution in [0.4, 0.5) is 5.82 Å². The normalized spacial score (nSPS) is 13.8. The molecule has 2 aromatic rings. The van der Waals surface area contributed by atoms with Gasteiger partial charge in [-0.3, -0.25) is 9.89 Å². The number of nitrogens with zero attached hydrogens (tertiary/aromatic N) is 3. The molecule has 0 unspecified atom stereocenters. The van der Waals surface area contributed by atoms with Crippen molar-refractivity contribution in [3.05, 3.63) is 27.3 Å². The van der Waals surface area contributed by atoms with Gasteiger partial charge in [0.2, 0.25) is 0 Å². The van der Waals surface area contributed by atoms with E-state index in [0.29, 0.717) is 17.9 Å². The summed E-state index contributed by atoms with van der Waals surface area (Å²) in [5, 5.41) is 11.1. The number of thiazole rings is 1. The van der Waals surface area contributed by atoms with Gasteiger partial charge in [-0.25, -0.2) is 4.98 Å². The average molecular weight is 305 g/mol. The Balaban J connectivity index is 1.69. The first kappa shape index (κ1) is 14.1. The third-order valence-corrected chi connectivity index (χ3v) is 4.74. The number of carbonyl (C=O) groups is 1. The molecule has 1 aliphatic carbocycles. The second-order valence-electron chi connectivity index (χ2n) is 5.40. The number of fused-ring (bicyclic) bond motifs is 1. The number of hydrogen-bond acceptors (Lipinski definition) is 5. The van der Waals surface area contributed by atoms with Crippen LogP contribution in [0.1, 0.15) is 38.8 Å². The van der Waals surface area contributed by atoms with Gasteiger partial charge in [0.25, 0.3) is 5.91 Å². The van der Waals surface area contributed by atoms with Crippen molar-refractivity contribution in [2.75, 3.05) is 19.4 Å². The maximum absolute atomic E-state index is 12.0. The molecule has 6 nitrogen and oxygen atoms in total. The van der Waals surface area contributed by atoms with Crippen molar-refractivity contribution in [2.24, 2.45) is 0 Å². The number of aromatic nitrogens is 3. The molecule has 112 valence electrons. The van der Waals surface area contributed by atoms with Gasteiger partial charge in [0.15, 0.2) is 0 Å². The minimum atomic E-state index is -0.0651. The quantitative estimate of drug-likeness (QED) is 0.907. The molecule has 7 heteroatoms. The molecule has 0 bridgehead atoms. The Kier molecular flexibility index (Phi) is 3.92. The predicted molar refractivity (Wildman–Crippen MR) is 82.7 cm³/mol. The van der Waals surface area contributed by atoms with Crippen LogP contribution in [-0.2, 0) is 19.4 Å². The number of amides is 1. The van der Waals surface area contributed by atoms with Crippen LogP contribution in [0, 0.1) is 0 Å². The number of rotatable bonds is 4. The molecule has 1 aliphatic rings. The maximum atomic E-state index is 12.0. The lowest BCUT2D eigenvalue weighted by molar-refractivity contribution is 0.0828. The second-order valence-corrected chi connectivity index (χ2v) is 6.56. The van der Waals surface area contributed by atoms with E-state index in [0.717, 1.165) is 17.8 Å². The minimum Gasteiger partial charge on any atom is -0.363 e. The molecule has 0 fully saturated rings. The Morgan fingerprint density at radius 1 is 1.43 bits per heavy atom. The number of hydrogen-bond donors (Lipinski definition) is 2. The van der Waals surface area contributed by atoms with Crippen LogP contribution in [0.5, 0.6) is 0 Å². The van der Waals surface area contributed by atoms with Crippen LogP contribution >= 0.6 is 11.3 Å². The average Bonchev–Trinajstić information content (AvgIpc) is 3.10. The van der Waals surface area contributed by atoms with Crippen molar-refractivity contribution >= 4 is 23.1 Å². The van der Waals surface area contributed by atoms with E-state index in [-0.39, 0.29) is 5.91 Å². The molecule has 0 aromatic carbocycles. The molecule has 1 amide bonds. The number of aromatic amines is 1. The Labute approximate surface area is 127 Å². The Hall–Kier alpha value is -1.89. The summed E-state index contributed by atoms with van der Waals surface area (Å²) >= 11 is 1.77. The number of carbonyl (C=O) groups excluding carboxylic acids is 1. The van der Waals surface area contributed by atoms with Crippen LogP contribution in [0.2, 0.25) is 0 Å². The first-order chi connectivity index (χ1) is 10.1. The van der Waals surface area contributed by atoms with E-state index in [2.05, 4.69) is 20.5 Å². The first-order valence-corrected chi connectivity index (χ1v) is 7.93. The van der Waals surface area contributed by atoms with E-state index in [1.807, 2.05) is 0 Å². The zero-order chi connectivity index (χ0) is 14.8. The molecule has 3 rings (SSSR count). The van der Waals surface area contributed by atoms with E-state index in [4.69, 9.17) is 0 Å². The zero-order valence-corrected chi connectivity index (χ0v) is 13.1. The van der Waals surface area contributed by atoms with Gasteiger partial charge in [0, 0.05) is 19.0 Å². The van der Waals surface area contributed by atoms with Gasteiger partial charge in [-0.05, 0) is 25.7 Å². The Bertz CT molecular complexity index is 622. The highest BCUT2D eigenvalue weighted by Gasteiger charge is 2.17. The van der Waals surface area contributed by atoms with Crippen LogP contribution in [0.3, 0.4) is 0 Å². The lowest BCUT2D eigenvalue weighted by Gasteiger charge is -2.10. The zero-order valence-electron chi connectivity index (χ0n) is 12.3. The van der Waals surface area contributed by atoms with Crippen LogP contribution in [0.15, 0.2) is 6.20 Å². The number of aryl methyl sites for hydroxylation is 2. The summed E-state index contributed by atoms with van der Waals surface area (Å²) in [4.78, 5) is 19.7. The fraction of sp³-hybridized carbons (Fsp3) is 0.500. The fourth-order valence-electron chi connectivity index (χ4n) is 2.47. The van der Waals surface area contributed by atoms with Gasteiger partial charge < -0.3 is 10.2 Å². The molecule has 21 heavy (non-hydrogen) atoms. The smallest absolute Gasteiger partial charge is 0.258 e. The van der Waals surface area contributed by atoms with Crippen molar-refractivity contribution in [3.8, 4) is 0 Å². The van der Waals surface area contributed by atoms with E-state index in [9.17, 15) is 4.79 Å². The monoisotopic (exact) mass is 305 g/mol. The Morgan fingerprint density at radius 3 is 3.00 bits per heavy atom. The molecular formula is C14H19N5OS. The number of anilines is 1. The van der Waals surface area contributed by atoms with E-state index < -0.39 is 0 Å². The van der Waals surface area contributed by atoms with Crippen LogP contribution < -0.4 is 5.32 Å². The van der Waals surface area contributed by atoms with E-state index in [1.54, 1.807) is 31.6 Å². The summed E-state index contributed by atoms with van der Waals surface area (Å²) < 4.78 is 0. The Morgan fingerprint density at radius 2 is 2.24 bits per heavy atom. The third kappa shape index (κ3) is 2.92.